The summed E-state index contributed by atoms with van der Waals surface area (Å²) in [6.07, 6.45) is 0. The van der Waals surface area contributed by atoms with Crippen LogP contribution in [0.1, 0.15) is 2.85 Å². The van der Waals surface area contributed by atoms with Crippen molar-refractivity contribution in [3.8, 4) is 0 Å². The number of hydrogen-bond acceptors (Lipinski definition) is 1. The molecule has 1 nitrogen and oxygen atoms in total. The Morgan fingerprint density at radius 3 is 1.25 bits per heavy atom. The molecule has 0 fully saturated rings. The predicted octanol–water partition coefficient (Wildman–Crippen LogP) is -5.45. The summed E-state index contributed by atoms with van der Waals surface area (Å²) < 4.78 is 0. The monoisotopic (exact) mass is 101 g/mol. The van der Waals surface area contributed by atoms with Gasteiger partial charge in [0.15, 0.2) is 0 Å². The summed E-state index contributed by atoms with van der Waals surface area (Å²) in [6, 6.07) is 0. The van der Waals surface area contributed by atoms with Crippen LogP contribution in [0.3, 0.4) is 0 Å². The first-order chi connectivity index (χ1) is 0. The van der Waals surface area contributed by atoms with Crippen molar-refractivity contribution in [3.63, 3.8) is 0 Å². The molecule has 0 saturated heterocycles. The summed E-state index contributed by atoms with van der Waals surface area (Å²) in [7, 11) is 0. The summed E-state index contributed by atoms with van der Waals surface area (Å²) in [5.74, 6) is 0. The Morgan fingerprint density at radius 2 is 1.25 bits per heavy atom. The van der Waals surface area contributed by atoms with Gasteiger partial charge < -0.3 is 9.00 Å². The molecule has 20 valence electrons. The molecule has 0 spiro atoms. The maximum Gasteiger partial charge on any atom is 1.00 e. The molecular weight excluding hydrogens is 95.1 g/mol. The van der Waals surface area contributed by atoms with Crippen LogP contribution in [-0.4, -0.2) is 0 Å². The van der Waals surface area contributed by atoms with Crippen molar-refractivity contribution in [2.45, 2.75) is 0 Å². The minimum absolute atomic E-state index is 0. The van der Waals surface area contributed by atoms with Crippen LogP contribution in [0.4, 0.5) is 4.70 Å². The normalized spacial score (nSPS) is 0. The smallest absolute Gasteiger partial charge is 1.00 e. The molecule has 0 rings (SSSR count). The van der Waals surface area contributed by atoms with Gasteiger partial charge >= 0.3 is 80.9 Å². The van der Waals surface area contributed by atoms with E-state index in [1.165, 1.54) is 0 Å². The quantitative estimate of drug-likeness (QED) is 0.304. The van der Waals surface area contributed by atoms with Crippen molar-refractivity contribution in [1.29, 1.82) is 0 Å². The molecule has 0 aliphatic rings. The molecule has 0 heterocycles. The summed E-state index contributed by atoms with van der Waals surface area (Å²) in [6.45, 7) is 0. The third-order valence-corrected chi connectivity index (χ3v) is 0. The Morgan fingerprint density at radius 1 is 1.25 bits per heavy atom. The van der Waals surface area contributed by atoms with Crippen LogP contribution in [0.2, 0.25) is 0 Å². The van der Waals surface area contributed by atoms with Crippen molar-refractivity contribution >= 4 is 0 Å². The van der Waals surface area contributed by atoms with Crippen LogP contribution < -0.4 is 87.1 Å². The molecule has 0 aromatic rings. The molecular formula is H6FKNNa. The number of hydrogen-bond donors (Lipinski definition) is 1. The zero-order chi connectivity index (χ0) is 0. The SMILES string of the molecule is F.N.[H-].[H-].[K+].[Na+]. The van der Waals surface area contributed by atoms with Gasteiger partial charge in [-0.1, -0.05) is 0 Å². The average Bonchev–Trinajstić information content (AvgIpc) is 0. The fourth-order valence-corrected chi connectivity index (χ4v) is 0. The average molecular weight is 101 g/mol. The molecule has 3 N–H and O–H groups in total. The molecule has 0 atom stereocenters. The van der Waals surface area contributed by atoms with Gasteiger partial charge in [0.1, 0.15) is 0 Å². The summed E-state index contributed by atoms with van der Waals surface area (Å²) in [5.41, 5.74) is 0. The Kier molecular flexibility index (Phi) is 138. The Bertz CT molecular complexity index is 13.5. The molecule has 0 radical (unpaired) electrons. The second-order valence-corrected chi connectivity index (χ2v) is 0. The number of halogens is 1. The number of rotatable bonds is 0. The zero-order valence-electron chi connectivity index (χ0n) is 5.12. The van der Waals surface area contributed by atoms with Crippen molar-refractivity contribution in [1.82, 2.24) is 6.15 Å². The van der Waals surface area contributed by atoms with E-state index in [2.05, 4.69) is 0 Å². The van der Waals surface area contributed by atoms with Gasteiger partial charge in [0.25, 0.3) is 0 Å². The first-order valence-electron chi connectivity index (χ1n) is 0. The second kappa shape index (κ2) is 17.7. The minimum Gasteiger partial charge on any atom is -1.00 e. The fourth-order valence-electron chi connectivity index (χ4n) is 0. The van der Waals surface area contributed by atoms with Crippen molar-refractivity contribution in [2.75, 3.05) is 0 Å². The fraction of sp³-hybridized carbons (Fsp3) is 0. The molecule has 0 aliphatic heterocycles. The van der Waals surface area contributed by atoms with Crippen LogP contribution in [-0.2, 0) is 0 Å². The van der Waals surface area contributed by atoms with E-state index in [1.54, 1.807) is 0 Å². The van der Waals surface area contributed by atoms with E-state index in [1.807, 2.05) is 0 Å². The van der Waals surface area contributed by atoms with Crippen LogP contribution in [0.15, 0.2) is 0 Å². The van der Waals surface area contributed by atoms with Gasteiger partial charge in [0.2, 0.25) is 0 Å². The van der Waals surface area contributed by atoms with Gasteiger partial charge in [0.05, 0.1) is 0 Å². The van der Waals surface area contributed by atoms with Crippen molar-refractivity contribution in [2.24, 2.45) is 0 Å². The molecule has 4 heteroatoms. The largest absolute Gasteiger partial charge is 1.00 e. The van der Waals surface area contributed by atoms with Crippen LogP contribution >= 0.6 is 0 Å². The molecule has 0 unspecified atom stereocenters. The van der Waals surface area contributed by atoms with E-state index in [0.29, 0.717) is 0 Å². The van der Waals surface area contributed by atoms with Crippen LogP contribution in [0.25, 0.3) is 0 Å². The van der Waals surface area contributed by atoms with E-state index in [9.17, 15) is 0 Å². The Labute approximate surface area is 92.5 Å². The van der Waals surface area contributed by atoms with E-state index in [-0.39, 0.29) is 94.7 Å². The minimum atomic E-state index is 0. The first-order valence-corrected chi connectivity index (χ1v) is 0. The summed E-state index contributed by atoms with van der Waals surface area (Å²) in [5, 5.41) is 0. The van der Waals surface area contributed by atoms with E-state index in [0.717, 1.165) is 0 Å². The van der Waals surface area contributed by atoms with Crippen molar-refractivity contribution in [3.05, 3.63) is 0 Å². The van der Waals surface area contributed by atoms with Gasteiger partial charge in [-0.05, 0) is 0 Å². The summed E-state index contributed by atoms with van der Waals surface area (Å²) >= 11 is 0. The van der Waals surface area contributed by atoms with Crippen LogP contribution in [0, 0.1) is 0 Å². The van der Waals surface area contributed by atoms with Gasteiger partial charge in [-0.3, -0.25) is 4.70 Å². The van der Waals surface area contributed by atoms with Crippen molar-refractivity contribution < 1.29 is 88.5 Å². The molecule has 0 amide bonds. The Hall–Kier alpha value is 2.53. The van der Waals surface area contributed by atoms with Gasteiger partial charge in [-0.2, -0.15) is 0 Å². The van der Waals surface area contributed by atoms with E-state index in [4.69, 9.17) is 0 Å². The Balaban J connectivity index is 0. The van der Waals surface area contributed by atoms with E-state index < -0.39 is 0 Å². The van der Waals surface area contributed by atoms with Gasteiger partial charge in [-0.25, -0.2) is 0 Å². The molecule has 4 heavy (non-hydrogen) atoms. The van der Waals surface area contributed by atoms with Crippen LogP contribution in [0.5, 0.6) is 0 Å². The summed E-state index contributed by atoms with van der Waals surface area (Å²) in [4.78, 5) is 0. The molecule has 0 aromatic heterocycles. The third kappa shape index (κ3) is 8.82. The zero-order valence-corrected chi connectivity index (χ0v) is 8.24. The van der Waals surface area contributed by atoms with E-state index >= 15 is 0 Å². The van der Waals surface area contributed by atoms with Gasteiger partial charge in [-0.15, -0.1) is 0 Å². The van der Waals surface area contributed by atoms with Gasteiger partial charge in [0, 0.05) is 0 Å². The first kappa shape index (κ1) is 31.2. The maximum absolute atomic E-state index is 0. The topological polar surface area (TPSA) is 35.0 Å². The second-order valence-electron chi connectivity index (χ2n) is 0. The standard InChI is InChI=1S/FH.K.H3N.Na.2H/h1H;;1H3;;;/q;+1;;+1;2*-1. The third-order valence-electron chi connectivity index (χ3n) is 0. The molecule has 0 bridgehead atoms. The maximum atomic E-state index is 0. The molecule has 0 aliphatic carbocycles. The molecule has 0 aromatic carbocycles. The predicted molar refractivity (Wildman–Crippen MR) is 9.75 cm³/mol. The molecule has 0 saturated carbocycles.